The Morgan fingerprint density at radius 3 is 1.27 bits per heavy atom. The average Bonchev–Trinajstić information content (AvgIpc) is 3.88. The molecule has 4 heterocycles. The highest BCUT2D eigenvalue weighted by molar-refractivity contribution is 6.13. The number of nitrogens with zero attached hydrogens (tertiary/aromatic N) is 7. The molecule has 7 aromatic carbocycles. The van der Waals surface area contributed by atoms with Gasteiger partial charge in [0.15, 0.2) is 5.65 Å². The minimum absolute atomic E-state index is 0.568. The molecule has 0 aliphatic heterocycles. The molecule has 0 radical (unpaired) electrons. The summed E-state index contributed by atoms with van der Waals surface area (Å²) in [5.41, 5.74) is 11.8. The molecule has 12 rings (SSSR count). The zero-order chi connectivity index (χ0) is 36.0. The molecular weight excluding hydrogens is 675 g/mol. The van der Waals surface area contributed by atoms with E-state index in [-0.39, 0.29) is 0 Å². The minimum atomic E-state index is 0.568. The summed E-state index contributed by atoms with van der Waals surface area (Å²) in [7, 11) is 0. The molecule has 1 aliphatic rings. The van der Waals surface area contributed by atoms with E-state index in [0.29, 0.717) is 17.5 Å². The number of aromatic nitrogens is 6. The van der Waals surface area contributed by atoms with E-state index in [4.69, 9.17) is 19.9 Å². The first kappa shape index (κ1) is 29.9. The van der Waals surface area contributed by atoms with E-state index in [0.717, 1.165) is 88.6 Å². The maximum atomic E-state index is 5.36. The molecule has 0 fully saturated rings. The van der Waals surface area contributed by atoms with E-state index < -0.39 is 0 Å². The Kier molecular flexibility index (Phi) is 6.21. The van der Waals surface area contributed by atoms with Gasteiger partial charge >= 0.3 is 0 Å². The van der Waals surface area contributed by atoms with Gasteiger partial charge in [0.25, 0.3) is 0 Å². The fourth-order valence-corrected chi connectivity index (χ4v) is 8.55. The van der Waals surface area contributed by atoms with Crippen molar-refractivity contribution in [2.24, 2.45) is 0 Å². The van der Waals surface area contributed by atoms with Crippen LogP contribution in [0.25, 0.3) is 89.1 Å². The maximum absolute atomic E-state index is 5.36. The highest BCUT2D eigenvalue weighted by atomic mass is 15.2. The lowest BCUT2D eigenvalue weighted by atomic mass is 10.1. The van der Waals surface area contributed by atoms with Crippen LogP contribution in [0, 0.1) is 0 Å². The van der Waals surface area contributed by atoms with Crippen molar-refractivity contribution < 1.29 is 0 Å². The van der Waals surface area contributed by atoms with Crippen molar-refractivity contribution >= 4 is 71.7 Å². The Morgan fingerprint density at radius 2 is 0.764 bits per heavy atom. The van der Waals surface area contributed by atoms with Gasteiger partial charge in [-0.2, -0.15) is 9.97 Å². The average molecular weight is 704 g/mol. The number of fused-ring (bicyclic) bond motifs is 9. The van der Waals surface area contributed by atoms with Crippen molar-refractivity contribution in [3.8, 4) is 34.4 Å². The van der Waals surface area contributed by atoms with Crippen molar-refractivity contribution in [3.63, 3.8) is 0 Å². The van der Waals surface area contributed by atoms with Gasteiger partial charge in [-0.05, 0) is 60.7 Å². The second-order valence-corrected chi connectivity index (χ2v) is 13.9. The largest absolute Gasteiger partial charge is 0.310 e. The van der Waals surface area contributed by atoms with Crippen LogP contribution in [-0.4, -0.2) is 29.1 Å². The Labute approximate surface area is 315 Å². The maximum Gasteiger partial charge on any atom is 0.237 e. The minimum Gasteiger partial charge on any atom is -0.310 e. The first-order chi connectivity index (χ1) is 27.3. The topological polar surface area (TPSA) is 64.7 Å². The van der Waals surface area contributed by atoms with Crippen LogP contribution in [-0.2, 0) is 0 Å². The molecule has 7 heteroatoms. The molecule has 0 spiro atoms. The SMILES string of the molecule is c1ccc(N(c2ccccc2)c2ccc3c(c2)c2ccccc2n3-c2nc3c4c(nc(-n5c6ccccc6c6ccccc65)nc4n2)-c2ccccc2-3)cc1. The van der Waals surface area contributed by atoms with Crippen molar-refractivity contribution in [1.29, 1.82) is 0 Å². The van der Waals surface area contributed by atoms with E-state index in [1.54, 1.807) is 0 Å². The van der Waals surface area contributed by atoms with Crippen molar-refractivity contribution in [3.05, 3.63) is 176 Å². The van der Waals surface area contributed by atoms with Crippen LogP contribution in [0.5, 0.6) is 0 Å². The summed E-state index contributed by atoms with van der Waals surface area (Å²) in [5, 5.41) is 5.42. The summed E-state index contributed by atoms with van der Waals surface area (Å²) in [5.74, 6) is 1.15. The van der Waals surface area contributed by atoms with Crippen molar-refractivity contribution in [1.82, 2.24) is 29.1 Å². The predicted octanol–water partition coefficient (Wildman–Crippen LogP) is 11.7. The van der Waals surface area contributed by atoms with Gasteiger partial charge in [-0.1, -0.05) is 115 Å². The molecule has 55 heavy (non-hydrogen) atoms. The first-order valence-electron chi connectivity index (χ1n) is 18.4. The van der Waals surface area contributed by atoms with E-state index >= 15 is 0 Å². The fraction of sp³-hybridized carbons (Fsp3) is 0. The monoisotopic (exact) mass is 703 g/mol. The highest BCUT2D eigenvalue weighted by Crippen LogP contribution is 2.46. The Bertz CT molecular complexity index is 3240. The third-order valence-electron chi connectivity index (χ3n) is 10.9. The van der Waals surface area contributed by atoms with Crippen LogP contribution in [0.1, 0.15) is 0 Å². The summed E-state index contributed by atoms with van der Waals surface area (Å²) in [4.78, 5) is 23.5. The molecule has 0 unspecified atom stereocenters. The van der Waals surface area contributed by atoms with Crippen molar-refractivity contribution in [2.45, 2.75) is 0 Å². The third kappa shape index (κ3) is 4.32. The summed E-state index contributed by atoms with van der Waals surface area (Å²) in [6.07, 6.45) is 0. The highest BCUT2D eigenvalue weighted by Gasteiger charge is 2.29. The lowest BCUT2D eigenvalue weighted by molar-refractivity contribution is 0.976. The van der Waals surface area contributed by atoms with Gasteiger partial charge in [-0.25, -0.2) is 9.97 Å². The number of para-hydroxylation sites is 5. The number of benzene rings is 7. The zero-order valence-electron chi connectivity index (χ0n) is 29.4. The Morgan fingerprint density at radius 1 is 0.345 bits per heavy atom. The van der Waals surface area contributed by atoms with Gasteiger partial charge in [0, 0.05) is 49.7 Å². The molecule has 0 saturated carbocycles. The number of hydrogen-bond donors (Lipinski definition) is 0. The lowest BCUT2D eigenvalue weighted by Gasteiger charge is -2.25. The molecule has 0 N–H and O–H groups in total. The summed E-state index contributed by atoms with van der Waals surface area (Å²) < 4.78 is 4.35. The van der Waals surface area contributed by atoms with Gasteiger partial charge in [0.05, 0.1) is 38.8 Å². The molecule has 1 aliphatic carbocycles. The standard InChI is InChI=1S/C48H29N7/c1-3-15-30(16-4-1)53(31-17-5-2-6-18-31)32-27-28-42-38(29-32)35-21-11-14-26-41(35)55(42)48-50-45-37-23-8-7-22-36(37)44-43(45)46(52-48)51-47(49-44)54-39-24-12-9-19-33(39)34-20-10-13-25-40(34)54/h1-29H. The third-order valence-corrected chi connectivity index (χ3v) is 10.9. The van der Waals surface area contributed by atoms with E-state index in [1.807, 2.05) is 0 Å². The molecule has 0 saturated heterocycles. The van der Waals surface area contributed by atoms with Crippen molar-refractivity contribution in [2.75, 3.05) is 4.90 Å². The smallest absolute Gasteiger partial charge is 0.237 e. The predicted molar refractivity (Wildman–Crippen MR) is 223 cm³/mol. The van der Waals surface area contributed by atoms with Gasteiger partial charge in [-0.15, -0.1) is 0 Å². The van der Waals surface area contributed by atoms with Crippen LogP contribution >= 0.6 is 0 Å². The molecular formula is C48H29N7. The quantitative estimate of drug-likeness (QED) is 0.179. The molecule has 11 aromatic rings. The zero-order valence-corrected chi connectivity index (χ0v) is 29.4. The van der Waals surface area contributed by atoms with Gasteiger partial charge in [0.1, 0.15) is 0 Å². The van der Waals surface area contributed by atoms with E-state index in [2.05, 4.69) is 190 Å². The van der Waals surface area contributed by atoms with Crippen LogP contribution < -0.4 is 4.90 Å². The molecule has 256 valence electrons. The van der Waals surface area contributed by atoms with E-state index in [9.17, 15) is 0 Å². The Hall–Kier alpha value is -7.64. The molecule has 7 nitrogen and oxygen atoms in total. The summed E-state index contributed by atoms with van der Waals surface area (Å²) in [6, 6.07) is 61.5. The molecule has 4 aromatic heterocycles. The van der Waals surface area contributed by atoms with Crippen LogP contribution in [0.3, 0.4) is 0 Å². The molecule has 0 atom stereocenters. The normalized spacial score (nSPS) is 12.0. The van der Waals surface area contributed by atoms with Crippen LogP contribution in [0.15, 0.2) is 176 Å². The van der Waals surface area contributed by atoms with Gasteiger partial charge in [0.2, 0.25) is 11.9 Å². The second-order valence-electron chi connectivity index (χ2n) is 13.9. The van der Waals surface area contributed by atoms with Gasteiger partial charge < -0.3 is 4.90 Å². The molecule has 0 bridgehead atoms. The summed E-state index contributed by atoms with van der Waals surface area (Å²) in [6.45, 7) is 0. The number of rotatable bonds is 5. The lowest BCUT2D eigenvalue weighted by Crippen LogP contribution is -2.09. The number of anilines is 3. The number of hydrogen-bond acceptors (Lipinski definition) is 5. The van der Waals surface area contributed by atoms with Crippen LogP contribution in [0.2, 0.25) is 0 Å². The molecule has 0 amide bonds. The van der Waals surface area contributed by atoms with Crippen LogP contribution in [0.4, 0.5) is 17.1 Å². The van der Waals surface area contributed by atoms with Gasteiger partial charge in [-0.3, -0.25) is 9.13 Å². The Balaban J connectivity index is 1.12. The van der Waals surface area contributed by atoms with E-state index in [1.165, 1.54) is 0 Å². The fourth-order valence-electron chi connectivity index (χ4n) is 8.55. The first-order valence-corrected chi connectivity index (χ1v) is 18.4. The summed E-state index contributed by atoms with van der Waals surface area (Å²) >= 11 is 0. The second kappa shape index (κ2) is 11.4.